The van der Waals surface area contributed by atoms with Crippen molar-refractivity contribution in [3.05, 3.63) is 42.0 Å². The van der Waals surface area contributed by atoms with Gasteiger partial charge in [-0.25, -0.2) is 0 Å². The number of ether oxygens (including phenoxy) is 1. The molecule has 0 amide bonds. The summed E-state index contributed by atoms with van der Waals surface area (Å²) in [6.45, 7) is 2.07. The van der Waals surface area contributed by atoms with E-state index < -0.39 is 0 Å². The lowest BCUT2D eigenvalue weighted by atomic mass is 9.97. The van der Waals surface area contributed by atoms with Crippen LogP contribution in [-0.4, -0.2) is 23.4 Å². The molecule has 1 aromatic carbocycles. The van der Waals surface area contributed by atoms with Gasteiger partial charge < -0.3 is 9.84 Å². The second kappa shape index (κ2) is 3.72. The summed E-state index contributed by atoms with van der Waals surface area (Å²) < 4.78 is 5.68. The number of aliphatic hydroxyl groups excluding tert-OH is 1. The quantitative estimate of drug-likeness (QED) is 0.730. The van der Waals surface area contributed by atoms with E-state index in [0.717, 1.165) is 6.42 Å². The van der Waals surface area contributed by atoms with Crippen molar-refractivity contribution in [1.29, 1.82) is 0 Å². The molecule has 1 aliphatic carbocycles. The smallest absolute Gasteiger partial charge is 0.110 e. The zero-order valence-corrected chi connectivity index (χ0v) is 9.34. The first-order valence-corrected chi connectivity index (χ1v) is 5.86. The van der Waals surface area contributed by atoms with Crippen molar-refractivity contribution in [2.45, 2.75) is 31.7 Å². The Bertz CT molecular complexity index is 410. The van der Waals surface area contributed by atoms with Crippen LogP contribution < -0.4 is 0 Å². The van der Waals surface area contributed by atoms with Crippen LogP contribution in [0.3, 0.4) is 0 Å². The normalized spacial score (nSPS) is 37.2. The molecule has 1 aromatic rings. The van der Waals surface area contributed by atoms with Gasteiger partial charge in [-0.2, -0.15) is 0 Å². The summed E-state index contributed by atoms with van der Waals surface area (Å²) in [5.41, 5.74) is 2.46. The maximum absolute atomic E-state index is 9.89. The Morgan fingerprint density at radius 1 is 1.25 bits per heavy atom. The van der Waals surface area contributed by atoms with Gasteiger partial charge in [-0.15, -0.1) is 0 Å². The van der Waals surface area contributed by atoms with E-state index in [1.54, 1.807) is 0 Å². The number of epoxide rings is 1. The summed E-state index contributed by atoms with van der Waals surface area (Å²) in [6, 6.07) is 10.3. The molecule has 1 saturated heterocycles. The fraction of sp³-hybridized carbons (Fsp3) is 0.429. The largest absolute Gasteiger partial charge is 0.392 e. The van der Waals surface area contributed by atoms with E-state index in [4.69, 9.17) is 4.74 Å². The van der Waals surface area contributed by atoms with Crippen molar-refractivity contribution in [3.63, 3.8) is 0 Å². The highest BCUT2D eigenvalue weighted by Gasteiger charge is 2.48. The summed E-state index contributed by atoms with van der Waals surface area (Å²) in [4.78, 5) is 0. The van der Waals surface area contributed by atoms with Gasteiger partial charge in [0.05, 0.1) is 12.2 Å². The molecule has 0 radical (unpaired) electrons. The molecule has 0 spiro atoms. The maximum atomic E-state index is 9.89. The van der Waals surface area contributed by atoms with Gasteiger partial charge in [0.1, 0.15) is 6.10 Å². The second-order valence-electron chi connectivity index (χ2n) is 4.71. The zero-order chi connectivity index (χ0) is 11.1. The number of aliphatic hydroxyl groups is 1. The van der Waals surface area contributed by atoms with E-state index in [9.17, 15) is 5.11 Å². The number of hydrogen-bond donors (Lipinski definition) is 1. The minimum absolute atomic E-state index is 0.203. The third-order valence-electron chi connectivity index (χ3n) is 3.64. The average molecular weight is 216 g/mol. The molecule has 2 heteroatoms. The summed E-state index contributed by atoms with van der Waals surface area (Å²) in [5, 5.41) is 9.89. The summed E-state index contributed by atoms with van der Waals surface area (Å²) in [7, 11) is 0. The first-order valence-electron chi connectivity index (χ1n) is 5.86. The molecule has 1 aliphatic heterocycles. The van der Waals surface area contributed by atoms with Gasteiger partial charge in [-0.1, -0.05) is 43.3 Å². The summed E-state index contributed by atoms with van der Waals surface area (Å²) in [5.74, 6) is 0.238. The van der Waals surface area contributed by atoms with Gasteiger partial charge in [0.25, 0.3) is 0 Å². The van der Waals surface area contributed by atoms with E-state index in [0.29, 0.717) is 0 Å². The molecule has 1 N–H and O–H groups in total. The van der Waals surface area contributed by atoms with Crippen LogP contribution in [0.25, 0.3) is 5.57 Å². The molecule has 2 aliphatic rings. The molecule has 0 aromatic heterocycles. The Morgan fingerprint density at radius 3 is 2.75 bits per heavy atom. The fourth-order valence-electron chi connectivity index (χ4n) is 2.48. The Morgan fingerprint density at radius 2 is 2.00 bits per heavy atom. The molecule has 1 fully saturated rings. The van der Waals surface area contributed by atoms with Crippen LogP contribution in [-0.2, 0) is 4.74 Å². The lowest BCUT2D eigenvalue weighted by Crippen LogP contribution is -2.21. The fourth-order valence-corrected chi connectivity index (χ4v) is 2.48. The highest BCUT2D eigenvalue weighted by Crippen LogP contribution is 2.43. The van der Waals surface area contributed by atoms with Gasteiger partial charge in [-0.3, -0.25) is 0 Å². The Balaban J connectivity index is 1.92. The molecular weight excluding hydrogens is 200 g/mol. The molecule has 16 heavy (non-hydrogen) atoms. The van der Waals surface area contributed by atoms with Crippen molar-refractivity contribution in [1.82, 2.24) is 0 Å². The van der Waals surface area contributed by atoms with Crippen molar-refractivity contribution >= 4 is 5.57 Å². The summed E-state index contributed by atoms with van der Waals surface area (Å²) >= 11 is 0. The first-order chi connectivity index (χ1) is 7.77. The predicted octanol–water partition coefficient (Wildman–Crippen LogP) is 2.24. The topological polar surface area (TPSA) is 32.8 Å². The number of hydrogen-bond acceptors (Lipinski definition) is 2. The van der Waals surface area contributed by atoms with Crippen molar-refractivity contribution < 1.29 is 9.84 Å². The second-order valence-corrected chi connectivity index (χ2v) is 4.71. The van der Waals surface area contributed by atoms with E-state index in [1.807, 2.05) is 18.2 Å². The van der Waals surface area contributed by atoms with E-state index in [1.165, 1.54) is 11.1 Å². The number of benzene rings is 1. The highest BCUT2D eigenvalue weighted by molar-refractivity contribution is 5.71. The van der Waals surface area contributed by atoms with Crippen molar-refractivity contribution in [3.8, 4) is 0 Å². The standard InChI is InChI=1S/C14H16O2/c1-9-12(15)8-7-11(14-13(9)16-14)10-5-3-2-4-6-10/h2-7,9,12-15H,8H2,1H3/t9-,12+,13-,14+/m1/s1. The molecule has 1 heterocycles. The van der Waals surface area contributed by atoms with Crippen molar-refractivity contribution in [2.24, 2.45) is 5.92 Å². The third-order valence-corrected chi connectivity index (χ3v) is 3.64. The third kappa shape index (κ3) is 1.58. The van der Waals surface area contributed by atoms with Crippen LogP contribution in [0.4, 0.5) is 0 Å². The lowest BCUT2D eigenvalue weighted by Gasteiger charge is -2.13. The zero-order valence-electron chi connectivity index (χ0n) is 9.34. The molecule has 3 rings (SSSR count). The Hall–Kier alpha value is -1.12. The van der Waals surface area contributed by atoms with Gasteiger partial charge in [-0.05, 0) is 17.6 Å². The minimum Gasteiger partial charge on any atom is -0.392 e. The number of rotatable bonds is 1. The molecular formula is C14H16O2. The van der Waals surface area contributed by atoms with Gasteiger partial charge >= 0.3 is 0 Å². The molecule has 2 nitrogen and oxygen atoms in total. The predicted molar refractivity (Wildman–Crippen MR) is 62.9 cm³/mol. The van der Waals surface area contributed by atoms with Crippen LogP contribution >= 0.6 is 0 Å². The van der Waals surface area contributed by atoms with E-state index in [-0.39, 0.29) is 24.2 Å². The van der Waals surface area contributed by atoms with Crippen LogP contribution in [0.2, 0.25) is 0 Å². The van der Waals surface area contributed by atoms with Crippen molar-refractivity contribution in [2.75, 3.05) is 0 Å². The lowest BCUT2D eigenvalue weighted by molar-refractivity contribution is 0.101. The Labute approximate surface area is 95.6 Å². The maximum Gasteiger partial charge on any atom is 0.110 e. The van der Waals surface area contributed by atoms with Gasteiger partial charge in [0.15, 0.2) is 0 Å². The molecule has 0 unspecified atom stereocenters. The minimum atomic E-state index is -0.267. The SMILES string of the molecule is C[C@H]1[C@H]2O[C@H]2C(c2ccccc2)=CC[C@@H]1O. The van der Waals surface area contributed by atoms with Crippen LogP contribution in [0.15, 0.2) is 36.4 Å². The molecule has 0 bridgehead atoms. The van der Waals surface area contributed by atoms with Crippen LogP contribution in [0, 0.1) is 5.92 Å². The van der Waals surface area contributed by atoms with E-state index >= 15 is 0 Å². The highest BCUT2D eigenvalue weighted by atomic mass is 16.6. The number of fused-ring (bicyclic) bond motifs is 1. The van der Waals surface area contributed by atoms with Crippen LogP contribution in [0.1, 0.15) is 18.9 Å². The van der Waals surface area contributed by atoms with Gasteiger partial charge in [0.2, 0.25) is 0 Å². The monoisotopic (exact) mass is 216 g/mol. The molecule has 84 valence electrons. The molecule has 4 atom stereocenters. The van der Waals surface area contributed by atoms with E-state index in [2.05, 4.69) is 25.1 Å². The molecule has 0 saturated carbocycles. The average Bonchev–Trinajstić information content (AvgIpc) is 3.09. The summed E-state index contributed by atoms with van der Waals surface area (Å²) in [6.07, 6.45) is 3.02. The van der Waals surface area contributed by atoms with Gasteiger partial charge in [0, 0.05) is 5.92 Å². The van der Waals surface area contributed by atoms with Crippen LogP contribution in [0.5, 0.6) is 0 Å². The first kappa shape index (κ1) is 10.1. The Kier molecular flexibility index (Phi) is 2.34.